The number of nitrogen functional groups attached to an aromatic ring is 1. The average Bonchev–Trinajstić information content (AvgIpc) is 2.90. The minimum atomic E-state index is -1.68. The third kappa shape index (κ3) is 7.41. The molecule has 0 bridgehead atoms. The first kappa shape index (κ1) is 31.9. The maximum atomic E-state index is 13.1. The number of aryl methyl sites for hydroxylation is 1. The highest BCUT2D eigenvalue weighted by Gasteiger charge is 2.34. The van der Waals surface area contributed by atoms with Crippen LogP contribution in [0.5, 0.6) is 0 Å². The van der Waals surface area contributed by atoms with Crippen LogP contribution in [0.1, 0.15) is 49.1 Å². The van der Waals surface area contributed by atoms with E-state index in [0.717, 1.165) is 11.6 Å². The molecule has 212 valence electrons. The Morgan fingerprint density at radius 1 is 1.18 bits per heavy atom. The largest absolute Gasteiger partial charge is 0.466 e. The molecule has 1 atom stereocenters. The Labute approximate surface area is 237 Å². The standard InChI is InChI=1S/C28H31N5O6.ClH/c1-4-38-25(36)12-11-24(35)32-28(13-14-34,39-5-2)20-9-10-23-21(17-20)31-22(27(37)33(23)3)16-18-7-6-8-19(15-18)26(29)30;/h6-10,13,15,17H,4-5,11-12,16H2,1-3H3,(H3,29,30)(H,32,35);1H. The number of nitrogens with one attached hydrogen (secondary N) is 2. The number of hydrogen-bond acceptors (Lipinski definition) is 8. The Bertz CT molecular complexity index is 1510. The van der Waals surface area contributed by atoms with Gasteiger partial charge >= 0.3 is 5.97 Å². The zero-order chi connectivity index (χ0) is 28.6. The maximum Gasteiger partial charge on any atom is 0.306 e. The second-order valence-electron chi connectivity index (χ2n) is 8.70. The molecule has 3 rings (SSSR count). The van der Waals surface area contributed by atoms with Gasteiger partial charge in [0.25, 0.3) is 5.56 Å². The van der Waals surface area contributed by atoms with Gasteiger partial charge in [0.15, 0.2) is 5.72 Å². The molecule has 0 aliphatic heterocycles. The summed E-state index contributed by atoms with van der Waals surface area (Å²) in [7, 11) is 1.62. The molecule has 0 saturated carbocycles. The SMILES string of the molecule is CCOC(=O)CCC(=O)NC(C=C=O)(OCC)c1ccc2c(c1)nc(Cc1cccc(C(=N)N)c1)c(=O)n2C.Cl. The molecule has 0 radical (unpaired) electrons. The lowest BCUT2D eigenvalue weighted by Crippen LogP contribution is -2.47. The first-order valence-corrected chi connectivity index (χ1v) is 12.4. The Morgan fingerprint density at radius 2 is 1.93 bits per heavy atom. The predicted octanol–water partition coefficient (Wildman–Crippen LogP) is 2.27. The van der Waals surface area contributed by atoms with Crippen LogP contribution in [-0.4, -0.2) is 46.4 Å². The quantitative estimate of drug-likeness (QED) is 0.0981. The number of fused-ring (bicyclic) bond motifs is 1. The predicted molar refractivity (Wildman–Crippen MR) is 152 cm³/mol. The van der Waals surface area contributed by atoms with Crippen molar-refractivity contribution in [2.24, 2.45) is 12.8 Å². The molecule has 11 nitrogen and oxygen atoms in total. The van der Waals surface area contributed by atoms with Crippen molar-refractivity contribution in [3.63, 3.8) is 0 Å². The van der Waals surface area contributed by atoms with E-state index in [0.29, 0.717) is 22.2 Å². The average molecular weight is 570 g/mol. The Hall–Kier alpha value is -4.31. The fourth-order valence-corrected chi connectivity index (χ4v) is 4.16. The summed E-state index contributed by atoms with van der Waals surface area (Å²) < 4.78 is 12.2. The highest BCUT2D eigenvalue weighted by Crippen LogP contribution is 2.27. The third-order valence-electron chi connectivity index (χ3n) is 6.00. The second kappa shape index (κ2) is 14.2. The van der Waals surface area contributed by atoms with Crippen molar-refractivity contribution in [3.05, 3.63) is 81.3 Å². The zero-order valence-electron chi connectivity index (χ0n) is 22.5. The highest BCUT2D eigenvalue weighted by molar-refractivity contribution is 5.95. The van der Waals surface area contributed by atoms with E-state index in [1.807, 2.05) is 6.07 Å². The lowest BCUT2D eigenvalue weighted by atomic mass is 10.0. The summed E-state index contributed by atoms with van der Waals surface area (Å²) in [6.07, 6.45) is 0.936. The monoisotopic (exact) mass is 569 g/mol. The minimum absolute atomic E-state index is 0. The highest BCUT2D eigenvalue weighted by atomic mass is 35.5. The van der Waals surface area contributed by atoms with Crippen LogP contribution in [0.2, 0.25) is 0 Å². The number of benzene rings is 2. The summed E-state index contributed by atoms with van der Waals surface area (Å²) in [6.45, 7) is 3.71. The van der Waals surface area contributed by atoms with Crippen LogP contribution >= 0.6 is 12.4 Å². The zero-order valence-corrected chi connectivity index (χ0v) is 23.3. The molecule has 1 amide bonds. The molecular formula is C28H32ClN5O6. The first-order chi connectivity index (χ1) is 18.6. The summed E-state index contributed by atoms with van der Waals surface area (Å²) in [5, 5.41) is 10.4. The second-order valence-corrected chi connectivity index (χ2v) is 8.70. The number of halogens is 1. The van der Waals surface area contributed by atoms with E-state index in [1.165, 1.54) is 4.57 Å². The molecule has 0 aliphatic carbocycles. The summed E-state index contributed by atoms with van der Waals surface area (Å²) in [5.41, 5.74) is 6.51. The molecular weight excluding hydrogens is 538 g/mol. The van der Waals surface area contributed by atoms with Crippen LogP contribution in [0.25, 0.3) is 11.0 Å². The van der Waals surface area contributed by atoms with Crippen molar-refractivity contribution in [1.82, 2.24) is 14.9 Å². The number of nitrogens with two attached hydrogens (primary N) is 1. The van der Waals surface area contributed by atoms with Gasteiger partial charge in [-0.25, -0.2) is 9.78 Å². The molecule has 0 fully saturated rings. The van der Waals surface area contributed by atoms with Gasteiger partial charge in [0.1, 0.15) is 17.5 Å². The van der Waals surface area contributed by atoms with Gasteiger partial charge in [0, 0.05) is 37.6 Å². The van der Waals surface area contributed by atoms with Crippen molar-refractivity contribution in [1.29, 1.82) is 5.41 Å². The van der Waals surface area contributed by atoms with Crippen molar-refractivity contribution < 1.29 is 23.9 Å². The van der Waals surface area contributed by atoms with Crippen LogP contribution in [-0.2, 0) is 43.1 Å². The first-order valence-electron chi connectivity index (χ1n) is 12.4. The third-order valence-corrected chi connectivity index (χ3v) is 6.00. The molecule has 3 aromatic rings. The molecule has 1 unspecified atom stereocenters. The number of esters is 1. The molecule has 1 aromatic heterocycles. The normalized spacial score (nSPS) is 12.0. The fraction of sp³-hybridized carbons (Fsp3) is 0.321. The number of ether oxygens (including phenoxy) is 2. The maximum absolute atomic E-state index is 13.1. The Kier molecular flexibility index (Phi) is 11.3. The summed E-state index contributed by atoms with van der Waals surface area (Å²) in [5.74, 6) is 0.562. The number of rotatable bonds is 12. The van der Waals surface area contributed by atoms with E-state index in [2.05, 4.69) is 10.3 Å². The summed E-state index contributed by atoms with van der Waals surface area (Å²) >= 11 is 0. The van der Waals surface area contributed by atoms with E-state index in [-0.39, 0.29) is 62.0 Å². The number of amides is 1. The number of aromatic nitrogens is 2. The minimum Gasteiger partial charge on any atom is -0.466 e. The molecule has 1 heterocycles. The molecule has 0 spiro atoms. The number of hydrogen-bond donors (Lipinski definition) is 3. The van der Waals surface area contributed by atoms with Gasteiger partial charge in [-0.2, -0.15) is 0 Å². The van der Waals surface area contributed by atoms with E-state index >= 15 is 0 Å². The van der Waals surface area contributed by atoms with Crippen LogP contribution in [0.4, 0.5) is 0 Å². The number of carbonyl (C=O) groups excluding carboxylic acids is 3. The molecule has 12 heteroatoms. The van der Waals surface area contributed by atoms with Crippen LogP contribution in [0.3, 0.4) is 0 Å². The van der Waals surface area contributed by atoms with Crippen LogP contribution < -0.4 is 16.6 Å². The van der Waals surface area contributed by atoms with Gasteiger partial charge in [-0.3, -0.25) is 19.8 Å². The van der Waals surface area contributed by atoms with Gasteiger partial charge < -0.3 is 25.1 Å². The topological polar surface area (TPSA) is 166 Å². The Morgan fingerprint density at radius 3 is 2.58 bits per heavy atom. The number of nitrogens with zero attached hydrogens (tertiary/aromatic N) is 2. The molecule has 40 heavy (non-hydrogen) atoms. The lowest BCUT2D eigenvalue weighted by Gasteiger charge is -2.31. The summed E-state index contributed by atoms with van der Waals surface area (Å²) in [6, 6.07) is 11.9. The van der Waals surface area contributed by atoms with E-state index in [4.69, 9.17) is 20.6 Å². The smallest absolute Gasteiger partial charge is 0.306 e. The van der Waals surface area contributed by atoms with E-state index in [1.54, 1.807) is 63.2 Å². The Balaban J connectivity index is 0.00000560. The van der Waals surface area contributed by atoms with Gasteiger partial charge in [-0.05, 0) is 37.6 Å². The van der Waals surface area contributed by atoms with Gasteiger partial charge in [-0.15, -0.1) is 12.4 Å². The van der Waals surface area contributed by atoms with Crippen molar-refractivity contribution in [3.8, 4) is 0 Å². The van der Waals surface area contributed by atoms with Crippen LogP contribution in [0, 0.1) is 5.41 Å². The van der Waals surface area contributed by atoms with Crippen LogP contribution in [0.15, 0.2) is 53.3 Å². The van der Waals surface area contributed by atoms with Gasteiger partial charge in [0.2, 0.25) is 5.91 Å². The molecule has 2 aromatic carbocycles. The van der Waals surface area contributed by atoms with Crippen molar-refractivity contribution >= 4 is 47.1 Å². The van der Waals surface area contributed by atoms with Crippen molar-refractivity contribution in [2.45, 2.75) is 38.8 Å². The molecule has 0 saturated heterocycles. The molecule has 0 aliphatic rings. The molecule has 4 N–H and O–H groups in total. The van der Waals surface area contributed by atoms with E-state index < -0.39 is 17.6 Å². The number of carbonyl (C=O) groups is 2. The van der Waals surface area contributed by atoms with E-state index in [9.17, 15) is 19.2 Å². The van der Waals surface area contributed by atoms with Gasteiger partial charge in [0.05, 0.1) is 30.1 Å². The fourth-order valence-electron chi connectivity index (χ4n) is 4.16. The van der Waals surface area contributed by atoms with Gasteiger partial charge in [-0.1, -0.05) is 24.3 Å². The van der Waals surface area contributed by atoms with Crippen molar-refractivity contribution in [2.75, 3.05) is 13.2 Å². The number of amidine groups is 1. The lowest BCUT2D eigenvalue weighted by molar-refractivity contribution is -0.145. The summed E-state index contributed by atoms with van der Waals surface area (Å²) in [4.78, 5) is 53.6.